The number of methoxy groups -OCH3 is 3. The molecule has 0 fully saturated rings. The van der Waals surface area contributed by atoms with Gasteiger partial charge in [0.05, 0.1) is 45.3 Å². The maximum atomic E-state index is 12.6. The van der Waals surface area contributed by atoms with E-state index in [1.165, 1.54) is 21.3 Å². The van der Waals surface area contributed by atoms with E-state index in [1.807, 2.05) is 12.1 Å². The highest BCUT2D eigenvalue weighted by Crippen LogP contribution is 2.39. The zero-order chi connectivity index (χ0) is 19.2. The maximum absolute atomic E-state index is 12.6. The van der Waals surface area contributed by atoms with Crippen LogP contribution in [-0.2, 0) is 6.54 Å². The average Bonchev–Trinajstić information content (AvgIpc) is 3.20. The van der Waals surface area contributed by atoms with E-state index in [0.29, 0.717) is 28.5 Å². The minimum atomic E-state index is -0.328. The van der Waals surface area contributed by atoms with Crippen molar-refractivity contribution in [2.75, 3.05) is 21.3 Å². The second-order valence-corrected chi connectivity index (χ2v) is 5.42. The fourth-order valence-corrected chi connectivity index (χ4v) is 2.55. The highest BCUT2D eigenvalue weighted by Gasteiger charge is 2.20. The van der Waals surface area contributed by atoms with Crippen molar-refractivity contribution in [3.05, 3.63) is 54.1 Å². The first-order valence-electron chi connectivity index (χ1n) is 8.06. The van der Waals surface area contributed by atoms with Crippen LogP contribution in [0.5, 0.6) is 17.2 Å². The van der Waals surface area contributed by atoms with E-state index in [0.717, 1.165) is 5.69 Å². The first kappa shape index (κ1) is 18.2. The minimum absolute atomic E-state index is 0.210. The second-order valence-electron chi connectivity index (χ2n) is 5.42. The molecule has 2 heterocycles. The van der Waals surface area contributed by atoms with Crippen molar-refractivity contribution in [1.29, 1.82) is 0 Å². The standard InChI is InChI=1S/C18H19N5O4/c1-25-15-5-4-14(16(26-2)17(15)27-3)18(24)20-10-12-11-23(22-21-12)13-6-8-19-9-7-13/h4-9,11H,10H2,1-3H3,(H,20,24). The number of pyridine rings is 1. The third kappa shape index (κ3) is 3.81. The molecule has 1 N–H and O–H groups in total. The second kappa shape index (κ2) is 8.17. The molecule has 3 aromatic rings. The van der Waals surface area contributed by atoms with E-state index in [1.54, 1.807) is 35.4 Å². The van der Waals surface area contributed by atoms with Gasteiger partial charge in [0.25, 0.3) is 5.91 Å². The van der Waals surface area contributed by atoms with Crippen LogP contribution in [0.15, 0.2) is 42.9 Å². The highest BCUT2D eigenvalue weighted by atomic mass is 16.5. The number of carbonyl (C=O) groups excluding carboxylic acids is 1. The van der Waals surface area contributed by atoms with Crippen LogP contribution in [0, 0.1) is 0 Å². The summed E-state index contributed by atoms with van der Waals surface area (Å²) in [6, 6.07) is 6.89. The Bertz CT molecular complexity index is 927. The van der Waals surface area contributed by atoms with E-state index in [2.05, 4.69) is 20.6 Å². The summed E-state index contributed by atoms with van der Waals surface area (Å²) in [7, 11) is 4.47. The van der Waals surface area contributed by atoms with Gasteiger partial charge in [0.15, 0.2) is 11.5 Å². The van der Waals surface area contributed by atoms with Gasteiger partial charge >= 0.3 is 0 Å². The van der Waals surface area contributed by atoms with Gasteiger partial charge in [0, 0.05) is 12.4 Å². The van der Waals surface area contributed by atoms with Crippen LogP contribution in [0.4, 0.5) is 0 Å². The summed E-state index contributed by atoms with van der Waals surface area (Å²) in [5.74, 6) is 0.809. The zero-order valence-corrected chi connectivity index (χ0v) is 15.2. The number of hydrogen-bond acceptors (Lipinski definition) is 7. The summed E-state index contributed by atoms with van der Waals surface area (Å²) in [6.07, 6.45) is 5.07. The highest BCUT2D eigenvalue weighted by molar-refractivity contribution is 5.98. The van der Waals surface area contributed by atoms with Crippen LogP contribution in [0.1, 0.15) is 16.1 Å². The number of aromatic nitrogens is 4. The third-order valence-electron chi connectivity index (χ3n) is 3.85. The van der Waals surface area contributed by atoms with Crippen molar-refractivity contribution >= 4 is 5.91 Å². The monoisotopic (exact) mass is 369 g/mol. The molecule has 0 aliphatic rings. The van der Waals surface area contributed by atoms with Gasteiger partial charge in [0.2, 0.25) is 5.75 Å². The zero-order valence-electron chi connectivity index (χ0n) is 15.2. The van der Waals surface area contributed by atoms with E-state index >= 15 is 0 Å². The van der Waals surface area contributed by atoms with Crippen molar-refractivity contribution in [2.24, 2.45) is 0 Å². The maximum Gasteiger partial charge on any atom is 0.255 e. The summed E-state index contributed by atoms with van der Waals surface area (Å²) in [5, 5.41) is 10.9. The topological polar surface area (TPSA) is 100 Å². The van der Waals surface area contributed by atoms with Gasteiger partial charge in [-0.25, -0.2) is 4.68 Å². The quantitative estimate of drug-likeness (QED) is 0.675. The number of carbonyl (C=O) groups is 1. The lowest BCUT2D eigenvalue weighted by Crippen LogP contribution is -2.23. The van der Waals surface area contributed by atoms with Gasteiger partial charge in [-0.15, -0.1) is 5.10 Å². The molecule has 0 bridgehead atoms. The van der Waals surface area contributed by atoms with Crippen LogP contribution < -0.4 is 19.5 Å². The van der Waals surface area contributed by atoms with Crippen molar-refractivity contribution in [3.8, 4) is 22.9 Å². The summed E-state index contributed by atoms with van der Waals surface area (Å²) in [6.45, 7) is 0.210. The Labute approximate surface area is 155 Å². The lowest BCUT2D eigenvalue weighted by atomic mass is 10.1. The smallest absolute Gasteiger partial charge is 0.255 e. The van der Waals surface area contributed by atoms with Crippen molar-refractivity contribution < 1.29 is 19.0 Å². The lowest BCUT2D eigenvalue weighted by molar-refractivity contribution is 0.0946. The molecular weight excluding hydrogens is 350 g/mol. The number of hydrogen-bond donors (Lipinski definition) is 1. The SMILES string of the molecule is COc1ccc(C(=O)NCc2cn(-c3ccncc3)nn2)c(OC)c1OC. The molecule has 1 amide bonds. The van der Waals surface area contributed by atoms with Gasteiger partial charge in [0.1, 0.15) is 5.69 Å². The molecule has 0 aliphatic heterocycles. The Morgan fingerprint density at radius 3 is 2.44 bits per heavy atom. The van der Waals surface area contributed by atoms with Gasteiger partial charge < -0.3 is 19.5 Å². The fourth-order valence-electron chi connectivity index (χ4n) is 2.55. The molecule has 0 saturated carbocycles. The van der Waals surface area contributed by atoms with E-state index in [-0.39, 0.29) is 12.5 Å². The predicted octanol–water partition coefficient (Wildman–Crippen LogP) is 1.62. The summed E-state index contributed by atoms with van der Waals surface area (Å²) < 4.78 is 17.5. The van der Waals surface area contributed by atoms with Gasteiger partial charge in [-0.2, -0.15) is 0 Å². The van der Waals surface area contributed by atoms with E-state index < -0.39 is 0 Å². The summed E-state index contributed by atoms with van der Waals surface area (Å²) in [4.78, 5) is 16.6. The molecule has 0 aliphatic carbocycles. The van der Waals surface area contributed by atoms with Gasteiger partial charge in [-0.1, -0.05) is 5.21 Å². The largest absolute Gasteiger partial charge is 0.493 e. The van der Waals surface area contributed by atoms with Crippen LogP contribution in [-0.4, -0.2) is 47.2 Å². The van der Waals surface area contributed by atoms with Gasteiger partial charge in [-0.05, 0) is 24.3 Å². The molecule has 0 saturated heterocycles. The number of ether oxygens (including phenoxy) is 3. The fraction of sp³-hybridized carbons (Fsp3) is 0.222. The van der Waals surface area contributed by atoms with Gasteiger partial charge in [-0.3, -0.25) is 9.78 Å². The first-order chi connectivity index (χ1) is 13.2. The van der Waals surface area contributed by atoms with Crippen LogP contribution >= 0.6 is 0 Å². The molecule has 9 heteroatoms. The number of amides is 1. The molecule has 0 spiro atoms. The van der Waals surface area contributed by atoms with Crippen LogP contribution in [0.2, 0.25) is 0 Å². The van der Waals surface area contributed by atoms with E-state index in [9.17, 15) is 4.79 Å². The molecular formula is C18H19N5O4. The Kier molecular flexibility index (Phi) is 5.50. The molecule has 27 heavy (non-hydrogen) atoms. The number of rotatable bonds is 7. The Morgan fingerprint density at radius 2 is 1.78 bits per heavy atom. The lowest BCUT2D eigenvalue weighted by Gasteiger charge is -2.15. The number of nitrogens with zero attached hydrogens (tertiary/aromatic N) is 4. The Balaban J connectivity index is 1.74. The molecule has 0 atom stereocenters. The van der Waals surface area contributed by atoms with Crippen molar-refractivity contribution in [3.63, 3.8) is 0 Å². The molecule has 1 aromatic carbocycles. The number of benzene rings is 1. The summed E-state index contributed by atoms with van der Waals surface area (Å²) >= 11 is 0. The van der Waals surface area contributed by atoms with Crippen molar-refractivity contribution in [2.45, 2.75) is 6.54 Å². The average molecular weight is 369 g/mol. The number of nitrogens with one attached hydrogen (secondary N) is 1. The van der Waals surface area contributed by atoms with Crippen molar-refractivity contribution in [1.82, 2.24) is 25.3 Å². The first-order valence-corrected chi connectivity index (χ1v) is 8.06. The predicted molar refractivity (Wildman–Crippen MR) is 96.4 cm³/mol. The molecule has 140 valence electrons. The molecule has 2 aromatic heterocycles. The van der Waals surface area contributed by atoms with E-state index in [4.69, 9.17) is 14.2 Å². The Hall–Kier alpha value is -3.62. The third-order valence-corrected chi connectivity index (χ3v) is 3.85. The summed E-state index contributed by atoms with van der Waals surface area (Å²) in [5.41, 5.74) is 1.77. The minimum Gasteiger partial charge on any atom is -0.493 e. The molecule has 9 nitrogen and oxygen atoms in total. The molecule has 3 rings (SSSR count). The molecule has 0 unspecified atom stereocenters. The van der Waals surface area contributed by atoms with Crippen LogP contribution in [0.3, 0.4) is 0 Å². The molecule has 0 radical (unpaired) electrons. The van der Waals surface area contributed by atoms with Crippen LogP contribution in [0.25, 0.3) is 5.69 Å². The normalized spacial score (nSPS) is 10.3. The Morgan fingerprint density at radius 1 is 1.04 bits per heavy atom.